The van der Waals surface area contributed by atoms with Crippen molar-refractivity contribution in [2.45, 2.75) is 31.6 Å². The fourth-order valence-corrected chi connectivity index (χ4v) is 5.77. The molecule has 0 saturated carbocycles. The summed E-state index contributed by atoms with van der Waals surface area (Å²) in [5.74, 6) is -1.61. The number of methoxy groups -OCH3 is 1. The molecule has 0 spiro atoms. The zero-order valence-electron chi connectivity index (χ0n) is 17.9. The molecule has 0 aliphatic carbocycles. The van der Waals surface area contributed by atoms with Gasteiger partial charge in [-0.25, -0.2) is 13.8 Å². The summed E-state index contributed by atoms with van der Waals surface area (Å²) in [5.41, 5.74) is 7.82. The maximum Gasteiger partial charge on any atom is 0.270 e. The van der Waals surface area contributed by atoms with Crippen LogP contribution in [0.4, 0.5) is 8.78 Å². The van der Waals surface area contributed by atoms with Gasteiger partial charge >= 0.3 is 0 Å². The van der Waals surface area contributed by atoms with Crippen molar-refractivity contribution in [3.05, 3.63) is 70.8 Å². The lowest BCUT2D eigenvalue weighted by Crippen LogP contribution is -2.48. The second kappa shape index (κ2) is 9.89. The summed E-state index contributed by atoms with van der Waals surface area (Å²) in [6, 6.07) is 11.0. The van der Waals surface area contributed by atoms with Crippen molar-refractivity contribution in [2.24, 2.45) is 16.8 Å². The number of hydrogen-bond donors (Lipinski definition) is 1. The third-order valence-electron chi connectivity index (χ3n) is 5.51. The Hall–Kier alpha value is -2.29. The number of benzene rings is 2. The van der Waals surface area contributed by atoms with Crippen molar-refractivity contribution >= 4 is 22.7 Å². The second-order valence-corrected chi connectivity index (χ2v) is 8.68. The first-order valence-electron chi connectivity index (χ1n) is 10.2. The van der Waals surface area contributed by atoms with E-state index in [0.29, 0.717) is 19.4 Å². The topological polar surface area (TPSA) is 67.9 Å². The zero-order chi connectivity index (χ0) is 22.6. The lowest BCUT2D eigenvalue weighted by Gasteiger charge is -2.42. The van der Waals surface area contributed by atoms with Gasteiger partial charge in [0.2, 0.25) is 0 Å². The van der Waals surface area contributed by atoms with Crippen LogP contribution in [0.2, 0.25) is 0 Å². The Balaban J connectivity index is 2.25. The van der Waals surface area contributed by atoms with E-state index in [4.69, 9.17) is 10.5 Å². The zero-order valence-corrected chi connectivity index (χ0v) is 18.7. The molecular formula is C23H27F2N3O2S. The van der Waals surface area contributed by atoms with Crippen molar-refractivity contribution in [3.63, 3.8) is 0 Å². The third kappa shape index (κ3) is 4.37. The molecule has 1 amide bonds. The monoisotopic (exact) mass is 447 g/mol. The van der Waals surface area contributed by atoms with E-state index in [-0.39, 0.29) is 29.0 Å². The van der Waals surface area contributed by atoms with Crippen LogP contribution in [0.3, 0.4) is 0 Å². The summed E-state index contributed by atoms with van der Waals surface area (Å²) in [6.07, 6.45) is 1.34. The van der Waals surface area contributed by atoms with Gasteiger partial charge in [0.1, 0.15) is 28.2 Å². The Bertz CT molecular complexity index is 985. The number of thioether (sulfide) groups is 1. The van der Waals surface area contributed by atoms with Gasteiger partial charge in [-0.05, 0) is 61.6 Å². The van der Waals surface area contributed by atoms with Crippen LogP contribution in [0, 0.1) is 24.5 Å². The molecule has 1 aliphatic rings. The summed E-state index contributed by atoms with van der Waals surface area (Å²) in [4.78, 5) is 12.2. The minimum absolute atomic E-state index is 0.0262. The summed E-state index contributed by atoms with van der Waals surface area (Å²) in [5, 5.41) is 6.18. The number of ether oxygens (including phenoxy) is 1. The SMILES string of the molecule is CC[C@H](CCN)C1(c2ccccc2C)SC(c2cc(F)ccc2F)=NN1C(=O)COC. The van der Waals surface area contributed by atoms with Gasteiger partial charge in [0.25, 0.3) is 5.91 Å². The van der Waals surface area contributed by atoms with Gasteiger partial charge in [0.15, 0.2) is 0 Å². The molecule has 2 aromatic carbocycles. The fraction of sp³-hybridized carbons (Fsp3) is 0.391. The molecule has 0 saturated heterocycles. The highest BCUT2D eigenvalue weighted by Crippen LogP contribution is 2.55. The normalized spacial score (nSPS) is 19.4. The Morgan fingerprint density at radius 3 is 2.68 bits per heavy atom. The first-order valence-corrected chi connectivity index (χ1v) is 11.0. The second-order valence-electron chi connectivity index (χ2n) is 7.46. The van der Waals surface area contributed by atoms with E-state index in [1.54, 1.807) is 0 Å². The smallest absolute Gasteiger partial charge is 0.270 e. The molecule has 8 heteroatoms. The lowest BCUT2D eigenvalue weighted by molar-refractivity contribution is -0.140. The number of aryl methyl sites for hydroxylation is 1. The first-order chi connectivity index (χ1) is 14.9. The van der Waals surface area contributed by atoms with Gasteiger partial charge in [-0.1, -0.05) is 43.0 Å². The Morgan fingerprint density at radius 2 is 2.03 bits per heavy atom. The Kier molecular flexibility index (Phi) is 7.46. The van der Waals surface area contributed by atoms with E-state index < -0.39 is 16.5 Å². The van der Waals surface area contributed by atoms with Gasteiger partial charge in [0, 0.05) is 12.7 Å². The summed E-state index contributed by atoms with van der Waals surface area (Å²) < 4.78 is 33.7. The van der Waals surface area contributed by atoms with Crippen molar-refractivity contribution < 1.29 is 18.3 Å². The van der Waals surface area contributed by atoms with Gasteiger partial charge in [-0.2, -0.15) is 5.10 Å². The van der Waals surface area contributed by atoms with Crippen LogP contribution < -0.4 is 5.73 Å². The molecule has 0 radical (unpaired) electrons. The predicted octanol–water partition coefficient (Wildman–Crippen LogP) is 4.38. The van der Waals surface area contributed by atoms with Crippen LogP contribution in [-0.4, -0.2) is 36.2 Å². The number of amides is 1. The summed E-state index contributed by atoms with van der Waals surface area (Å²) in [6.45, 7) is 4.23. The van der Waals surface area contributed by atoms with Crippen molar-refractivity contribution in [1.29, 1.82) is 0 Å². The van der Waals surface area contributed by atoms with E-state index >= 15 is 0 Å². The molecule has 1 aliphatic heterocycles. The summed E-state index contributed by atoms with van der Waals surface area (Å²) in [7, 11) is 1.44. The summed E-state index contributed by atoms with van der Waals surface area (Å²) >= 11 is 1.27. The maximum atomic E-state index is 14.7. The molecule has 0 fully saturated rings. The average molecular weight is 448 g/mol. The number of carbonyl (C=O) groups excluding carboxylic acids is 1. The van der Waals surface area contributed by atoms with Crippen LogP contribution in [-0.2, 0) is 14.4 Å². The highest BCUT2D eigenvalue weighted by molar-refractivity contribution is 8.15. The number of hydrazone groups is 1. The fourth-order valence-electron chi connectivity index (χ4n) is 4.07. The molecule has 0 bridgehead atoms. The lowest BCUT2D eigenvalue weighted by atomic mass is 9.85. The van der Waals surface area contributed by atoms with Crippen molar-refractivity contribution in [3.8, 4) is 0 Å². The minimum Gasteiger partial charge on any atom is -0.375 e. The van der Waals surface area contributed by atoms with E-state index in [9.17, 15) is 13.6 Å². The number of carbonyl (C=O) groups is 1. The molecular weight excluding hydrogens is 420 g/mol. The van der Waals surface area contributed by atoms with Crippen LogP contribution in [0.1, 0.15) is 36.5 Å². The van der Waals surface area contributed by atoms with Gasteiger partial charge in [-0.3, -0.25) is 4.79 Å². The third-order valence-corrected chi connectivity index (χ3v) is 7.05. The van der Waals surface area contributed by atoms with E-state index in [1.165, 1.54) is 23.9 Å². The first kappa shape index (κ1) is 23.4. The highest BCUT2D eigenvalue weighted by atomic mass is 32.2. The highest BCUT2D eigenvalue weighted by Gasteiger charge is 2.53. The molecule has 2 N–H and O–H groups in total. The molecule has 1 unspecified atom stereocenters. The largest absolute Gasteiger partial charge is 0.375 e. The molecule has 1 heterocycles. The average Bonchev–Trinajstić information content (AvgIpc) is 3.15. The molecule has 3 rings (SSSR count). The molecule has 5 nitrogen and oxygen atoms in total. The number of nitrogens with two attached hydrogens (primary N) is 1. The van der Waals surface area contributed by atoms with Gasteiger partial charge in [-0.15, -0.1) is 0 Å². The minimum atomic E-state index is -0.955. The number of rotatable bonds is 8. The predicted molar refractivity (Wildman–Crippen MR) is 120 cm³/mol. The Morgan fingerprint density at radius 1 is 1.29 bits per heavy atom. The standard InChI is InChI=1S/C23H27F2N3O2S/c1-4-16(11-12-26)23(19-8-6-5-7-15(19)2)28(21(29)14-30-3)27-22(31-23)18-13-17(24)9-10-20(18)25/h5-10,13,16H,4,11-12,14,26H2,1-3H3/t16-,23?/m1/s1. The molecule has 2 atom stereocenters. The van der Waals surface area contributed by atoms with Crippen molar-refractivity contribution in [1.82, 2.24) is 5.01 Å². The van der Waals surface area contributed by atoms with Gasteiger partial charge < -0.3 is 10.5 Å². The molecule has 2 aromatic rings. The molecule has 166 valence electrons. The molecule has 31 heavy (non-hydrogen) atoms. The van der Waals surface area contributed by atoms with Crippen molar-refractivity contribution in [2.75, 3.05) is 20.3 Å². The Labute approximate surface area is 185 Å². The maximum absolute atomic E-state index is 14.7. The van der Waals surface area contributed by atoms with Crippen LogP contribution in [0.5, 0.6) is 0 Å². The molecule has 0 aromatic heterocycles. The van der Waals surface area contributed by atoms with E-state index in [0.717, 1.165) is 29.3 Å². The van der Waals surface area contributed by atoms with Gasteiger partial charge in [0.05, 0.1) is 0 Å². The number of halogens is 2. The van der Waals surface area contributed by atoms with E-state index in [1.807, 2.05) is 38.1 Å². The van der Waals surface area contributed by atoms with Crippen LogP contribution in [0.25, 0.3) is 0 Å². The van der Waals surface area contributed by atoms with E-state index in [2.05, 4.69) is 5.10 Å². The van der Waals surface area contributed by atoms with Crippen LogP contribution >= 0.6 is 11.8 Å². The number of hydrogen-bond acceptors (Lipinski definition) is 5. The number of nitrogens with zero attached hydrogens (tertiary/aromatic N) is 2. The van der Waals surface area contributed by atoms with Crippen LogP contribution in [0.15, 0.2) is 47.6 Å². The quantitative estimate of drug-likeness (QED) is 0.652.